The van der Waals surface area contributed by atoms with Crippen LogP contribution in [0.25, 0.3) is 0 Å². The first kappa shape index (κ1) is 31.8. The summed E-state index contributed by atoms with van der Waals surface area (Å²) < 4.78 is 32.5. The van der Waals surface area contributed by atoms with Crippen LogP contribution in [0.3, 0.4) is 0 Å². The minimum absolute atomic E-state index is 0.0880. The summed E-state index contributed by atoms with van der Waals surface area (Å²) in [6.45, 7) is 0. The van der Waals surface area contributed by atoms with Crippen molar-refractivity contribution in [1.82, 2.24) is 0 Å². The van der Waals surface area contributed by atoms with Gasteiger partial charge in [0.2, 0.25) is 0 Å². The van der Waals surface area contributed by atoms with Gasteiger partial charge in [-0.2, -0.15) is 0 Å². The van der Waals surface area contributed by atoms with Crippen molar-refractivity contribution in [1.29, 1.82) is 0 Å². The SMILES string of the molecule is Fc1ccc(Br)cc1.Fc1ccc(Br)cc1.Oc1cccc(O)c1.Oc1cccc(Oc2ccc(Br)cc2)c1. The fraction of sp³-hybridized carbons (Fsp3) is 0. The van der Waals surface area contributed by atoms with E-state index in [0.717, 1.165) is 19.2 Å². The van der Waals surface area contributed by atoms with Crippen LogP contribution in [0.4, 0.5) is 8.78 Å². The molecule has 39 heavy (non-hydrogen) atoms. The normalized spacial score (nSPS) is 9.46. The number of aromatic hydroxyl groups is 3. The first-order valence-corrected chi connectivity index (χ1v) is 13.5. The van der Waals surface area contributed by atoms with Crippen LogP contribution in [0.2, 0.25) is 0 Å². The number of halogens is 5. The van der Waals surface area contributed by atoms with Crippen LogP contribution in [-0.2, 0) is 0 Å². The maximum Gasteiger partial charge on any atom is 0.131 e. The largest absolute Gasteiger partial charge is 0.508 e. The molecule has 5 aromatic rings. The minimum Gasteiger partial charge on any atom is -0.508 e. The molecule has 0 amide bonds. The standard InChI is InChI=1S/C12H9BrO2.2C6H4BrF.C6H6O2/c13-9-4-6-11(7-5-9)15-12-3-1-2-10(14)8-12;2*7-5-1-3-6(8)4-2-5;7-5-2-1-3-6(8)4-5/h1-8,14H;2*1-4H;1-4,7-8H. The van der Waals surface area contributed by atoms with Crippen LogP contribution >= 0.6 is 47.8 Å². The second-order valence-electron chi connectivity index (χ2n) is 7.45. The van der Waals surface area contributed by atoms with Crippen molar-refractivity contribution in [3.8, 4) is 28.7 Å². The number of ether oxygens (including phenoxy) is 1. The molecule has 0 radical (unpaired) electrons. The minimum atomic E-state index is -0.201. The van der Waals surface area contributed by atoms with E-state index >= 15 is 0 Å². The van der Waals surface area contributed by atoms with E-state index in [9.17, 15) is 13.9 Å². The lowest BCUT2D eigenvalue weighted by Gasteiger charge is -2.05. The van der Waals surface area contributed by atoms with Gasteiger partial charge >= 0.3 is 0 Å². The molecule has 0 spiro atoms. The van der Waals surface area contributed by atoms with E-state index in [0.29, 0.717) is 5.75 Å². The number of phenols is 3. The molecule has 4 nitrogen and oxygen atoms in total. The van der Waals surface area contributed by atoms with Gasteiger partial charge in [0.15, 0.2) is 0 Å². The van der Waals surface area contributed by atoms with Gasteiger partial charge in [-0.1, -0.05) is 59.9 Å². The quantitative estimate of drug-likeness (QED) is 0.170. The van der Waals surface area contributed by atoms with Crippen LogP contribution in [0.1, 0.15) is 0 Å². The summed E-state index contributed by atoms with van der Waals surface area (Å²) in [5.41, 5.74) is 0. The van der Waals surface area contributed by atoms with Crippen molar-refractivity contribution >= 4 is 47.8 Å². The van der Waals surface area contributed by atoms with Crippen molar-refractivity contribution < 1.29 is 28.8 Å². The van der Waals surface area contributed by atoms with Crippen LogP contribution in [0.5, 0.6) is 28.7 Å². The predicted octanol–water partition coefficient (Wildman–Crippen LogP) is 10.2. The number of benzene rings is 5. The second-order valence-corrected chi connectivity index (χ2v) is 10.2. The van der Waals surface area contributed by atoms with Crippen molar-refractivity contribution in [3.05, 3.63) is 146 Å². The van der Waals surface area contributed by atoms with Gasteiger partial charge < -0.3 is 20.1 Å². The number of rotatable bonds is 2. The highest BCUT2D eigenvalue weighted by Crippen LogP contribution is 2.25. The maximum absolute atomic E-state index is 12.1. The number of hydrogen-bond acceptors (Lipinski definition) is 4. The Bertz CT molecular complexity index is 1300. The Hall–Kier alpha value is -3.40. The molecule has 0 saturated carbocycles. The molecule has 0 fully saturated rings. The van der Waals surface area contributed by atoms with Crippen LogP contribution in [-0.4, -0.2) is 15.3 Å². The Morgan fingerprint density at radius 2 is 0.795 bits per heavy atom. The molecule has 0 bridgehead atoms. The van der Waals surface area contributed by atoms with Crippen LogP contribution < -0.4 is 4.74 Å². The monoisotopic (exact) mass is 722 g/mol. The molecule has 0 aliphatic carbocycles. The molecule has 9 heteroatoms. The predicted molar refractivity (Wildman–Crippen MR) is 160 cm³/mol. The lowest BCUT2D eigenvalue weighted by molar-refractivity contribution is 0.450. The van der Waals surface area contributed by atoms with E-state index in [2.05, 4.69) is 47.8 Å². The third-order valence-corrected chi connectivity index (χ3v) is 5.89. The van der Waals surface area contributed by atoms with Crippen LogP contribution in [0, 0.1) is 11.6 Å². The first-order chi connectivity index (χ1) is 18.6. The molecule has 0 saturated heterocycles. The van der Waals surface area contributed by atoms with Crippen molar-refractivity contribution in [2.45, 2.75) is 0 Å². The summed E-state index contributed by atoms with van der Waals surface area (Å²) in [6, 6.07) is 32.3. The lowest BCUT2D eigenvalue weighted by Crippen LogP contribution is -1.82. The van der Waals surface area contributed by atoms with Gasteiger partial charge in [0.1, 0.15) is 40.4 Å². The summed E-state index contributed by atoms with van der Waals surface area (Å²) in [6.07, 6.45) is 0. The highest BCUT2D eigenvalue weighted by Gasteiger charge is 1.97. The Labute approximate surface area is 250 Å². The van der Waals surface area contributed by atoms with Crippen LogP contribution in [0.15, 0.2) is 135 Å². The summed E-state index contributed by atoms with van der Waals surface area (Å²) in [5, 5.41) is 26.6. The third kappa shape index (κ3) is 14.4. The molecule has 0 heterocycles. The molecule has 3 N–H and O–H groups in total. The Kier molecular flexibility index (Phi) is 14.1. The van der Waals surface area contributed by atoms with E-state index < -0.39 is 0 Å². The lowest BCUT2D eigenvalue weighted by atomic mass is 10.3. The topological polar surface area (TPSA) is 69.9 Å². The summed E-state index contributed by atoms with van der Waals surface area (Å²) >= 11 is 9.70. The summed E-state index contributed by atoms with van der Waals surface area (Å²) in [7, 11) is 0. The first-order valence-electron chi connectivity index (χ1n) is 11.1. The van der Waals surface area contributed by atoms with Gasteiger partial charge in [-0.15, -0.1) is 0 Å². The molecule has 0 aliphatic rings. The fourth-order valence-corrected chi connectivity index (χ4v) is 3.33. The summed E-state index contributed by atoms with van der Waals surface area (Å²) in [5.74, 6) is 1.34. The average Bonchev–Trinajstić information content (AvgIpc) is 2.90. The van der Waals surface area contributed by atoms with Gasteiger partial charge in [-0.25, -0.2) is 8.78 Å². The van der Waals surface area contributed by atoms with E-state index in [1.54, 1.807) is 54.6 Å². The van der Waals surface area contributed by atoms with E-state index in [4.69, 9.17) is 14.9 Å². The molecule has 5 rings (SSSR count). The highest BCUT2D eigenvalue weighted by atomic mass is 79.9. The van der Waals surface area contributed by atoms with Gasteiger partial charge in [0.25, 0.3) is 0 Å². The van der Waals surface area contributed by atoms with Gasteiger partial charge in [0.05, 0.1) is 0 Å². The van der Waals surface area contributed by atoms with Gasteiger partial charge in [-0.05, 0) is 97.1 Å². The smallest absolute Gasteiger partial charge is 0.131 e. The van der Waals surface area contributed by atoms with Crippen molar-refractivity contribution in [2.24, 2.45) is 0 Å². The number of phenolic OH excluding ortho intramolecular Hbond substituents is 3. The zero-order valence-electron chi connectivity index (χ0n) is 20.2. The van der Waals surface area contributed by atoms with E-state index in [1.807, 2.05) is 24.3 Å². The summed E-state index contributed by atoms with van der Waals surface area (Å²) in [4.78, 5) is 0. The Morgan fingerprint density at radius 1 is 0.436 bits per heavy atom. The molecular formula is C30H23Br3F2O4. The van der Waals surface area contributed by atoms with Gasteiger partial charge in [-0.3, -0.25) is 0 Å². The molecule has 0 atom stereocenters. The molecule has 0 unspecified atom stereocenters. The molecular weight excluding hydrogens is 702 g/mol. The zero-order valence-corrected chi connectivity index (χ0v) is 24.9. The highest BCUT2D eigenvalue weighted by molar-refractivity contribution is 9.11. The fourth-order valence-electron chi connectivity index (χ4n) is 2.54. The molecule has 202 valence electrons. The second kappa shape index (κ2) is 17.2. The zero-order chi connectivity index (χ0) is 28.6. The van der Waals surface area contributed by atoms with E-state index in [-0.39, 0.29) is 28.9 Å². The molecule has 5 aromatic carbocycles. The maximum atomic E-state index is 12.1. The average molecular weight is 725 g/mol. The molecule has 0 aliphatic heterocycles. The van der Waals surface area contributed by atoms with Gasteiger partial charge in [0, 0.05) is 25.6 Å². The molecule has 0 aromatic heterocycles. The third-order valence-electron chi connectivity index (χ3n) is 4.30. The van der Waals surface area contributed by atoms with E-state index in [1.165, 1.54) is 42.5 Å². The Morgan fingerprint density at radius 3 is 1.13 bits per heavy atom. The Balaban J connectivity index is 0.000000192. The van der Waals surface area contributed by atoms with Crippen molar-refractivity contribution in [2.75, 3.05) is 0 Å². The van der Waals surface area contributed by atoms with Crippen molar-refractivity contribution in [3.63, 3.8) is 0 Å². The number of hydrogen-bond donors (Lipinski definition) is 3.